The van der Waals surface area contributed by atoms with Gasteiger partial charge >= 0.3 is 0 Å². The number of hydrogen-bond donors (Lipinski definition) is 0. The summed E-state index contributed by atoms with van der Waals surface area (Å²) in [4.78, 5) is 0. The molecule has 2 heteroatoms. The molecule has 2 saturated carbocycles. The molecular weight excluding hydrogens is 220 g/mol. The third kappa shape index (κ3) is 1.90. The molecule has 2 bridgehead atoms. The van der Waals surface area contributed by atoms with Crippen LogP contribution in [0.1, 0.15) is 51.4 Å². The predicted molar refractivity (Wildman–Crippen MR) is 66.8 cm³/mol. The second-order valence-corrected chi connectivity index (χ2v) is 6.52. The summed E-state index contributed by atoms with van der Waals surface area (Å²) in [6, 6.07) is 0. The first-order chi connectivity index (χ1) is 7.82. The van der Waals surface area contributed by atoms with Gasteiger partial charge in [-0.3, -0.25) is 0 Å². The first-order valence-corrected chi connectivity index (χ1v) is 7.53. The average molecular weight is 243 g/mol. The quantitative estimate of drug-likeness (QED) is 0.678. The van der Waals surface area contributed by atoms with Gasteiger partial charge in [0.1, 0.15) is 0 Å². The highest BCUT2D eigenvalue weighted by Crippen LogP contribution is 2.58. The normalized spacial score (nSPS) is 46.7. The van der Waals surface area contributed by atoms with Gasteiger partial charge in [-0.2, -0.15) is 0 Å². The van der Waals surface area contributed by atoms with E-state index in [1.807, 2.05) is 0 Å². The number of alkyl halides is 1. The van der Waals surface area contributed by atoms with Crippen molar-refractivity contribution in [3.8, 4) is 0 Å². The standard InChI is InChI=1S/C14H23ClO/c15-10-14(6-5-13-2-1-7-16-13)9-11-3-4-12(14)8-11/h11-13H,1-10H2. The Morgan fingerprint density at radius 3 is 2.75 bits per heavy atom. The molecule has 0 spiro atoms. The van der Waals surface area contributed by atoms with E-state index in [-0.39, 0.29) is 0 Å². The lowest BCUT2D eigenvalue weighted by atomic mass is 9.71. The van der Waals surface area contributed by atoms with E-state index in [0.717, 1.165) is 24.3 Å². The Hall–Kier alpha value is 0.250. The van der Waals surface area contributed by atoms with Crippen LogP contribution in [0.15, 0.2) is 0 Å². The lowest BCUT2D eigenvalue weighted by molar-refractivity contribution is 0.0778. The fraction of sp³-hybridized carbons (Fsp3) is 1.00. The minimum Gasteiger partial charge on any atom is -0.378 e. The van der Waals surface area contributed by atoms with Crippen molar-refractivity contribution >= 4 is 11.6 Å². The topological polar surface area (TPSA) is 9.23 Å². The van der Waals surface area contributed by atoms with Gasteiger partial charge in [0.2, 0.25) is 0 Å². The average Bonchev–Trinajstić information content (AvgIpc) is 3.02. The SMILES string of the molecule is ClCC1(CCC2CCCO2)CC2CCC1C2. The molecule has 3 aliphatic rings. The van der Waals surface area contributed by atoms with Gasteiger partial charge < -0.3 is 4.74 Å². The molecule has 1 aliphatic heterocycles. The summed E-state index contributed by atoms with van der Waals surface area (Å²) < 4.78 is 5.74. The minimum atomic E-state index is 0.496. The summed E-state index contributed by atoms with van der Waals surface area (Å²) in [5.74, 6) is 2.84. The van der Waals surface area contributed by atoms with Crippen LogP contribution >= 0.6 is 11.6 Å². The molecule has 0 amide bonds. The number of ether oxygens (including phenoxy) is 1. The fourth-order valence-corrected chi connectivity index (χ4v) is 4.88. The van der Waals surface area contributed by atoms with Crippen LogP contribution in [0.25, 0.3) is 0 Å². The summed E-state index contributed by atoms with van der Waals surface area (Å²) in [5, 5.41) is 0. The maximum Gasteiger partial charge on any atom is 0.0576 e. The van der Waals surface area contributed by atoms with Crippen molar-refractivity contribution in [2.45, 2.75) is 57.5 Å². The zero-order valence-corrected chi connectivity index (χ0v) is 10.8. The predicted octanol–water partition coefficient (Wildman–Crippen LogP) is 3.99. The molecule has 3 rings (SSSR count). The van der Waals surface area contributed by atoms with Gasteiger partial charge in [-0.1, -0.05) is 6.42 Å². The Kier molecular flexibility index (Phi) is 3.19. The van der Waals surface area contributed by atoms with Crippen LogP contribution in [0.5, 0.6) is 0 Å². The second kappa shape index (κ2) is 4.49. The van der Waals surface area contributed by atoms with Crippen molar-refractivity contribution in [3.63, 3.8) is 0 Å². The molecule has 0 N–H and O–H groups in total. The van der Waals surface area contributed by atoms with E-state index in [0.29, 0.717) is 11.5 Å². The van der Waals surface area contributed by atoms with Crippen LogP contribution in [0, 0.1) is 17.3 Å². The number of rotatable bonds is 4. The van der Waals surface area contributed by atoms with Crippen LogP contribution in [0.2, 0.25) is 0 Å². The van der Waals surface area contributed by atoms with Crippen molar-refractivity contribution in [1.82, 2.24) is 0 Å². The van der Waals surface area contributed by atoms with Crippen LogP contribution in [-0.4, -0.2) is 18.6 Å². The first-order valence-electron chi connectivity index (χ1n) is 7.00. The lowest BCUT2D eigenvalue weighted by Crippen LogP contribution is -2.31. The molecule has 4 unspecified atom stereocenters. The van der Waals surface area contributed by atoms with E-state index in [9.17, 15) is 0 Å². The Morgan fingerprint density at radius 1 is 1.25 bits per heavy atom. The van der Waals surface area contributed by atoms with Crippen LogP contribution in [0.4, 0.5) is 0 Å². The third-order valence-corrected chi connectivity index (χ3v) is 5.89. The summed E-state index contributed by atoms with van der Waals surface area (Å²) in [7, 11) is 0. The van der Waals surface area contributed by atoms with E-state index in [1.54, 1.807) is 0 Å². The Labute approximate surface area is 104 Å². The number of halogens is 1. The van der Waals surface area contributed by atoms with E-state index in [2.05, 4.69) is 0 Å². The molecule has 1 nitrogen and oxygen atoms in total. The summed E-state index contributed by atoms with van der Waals surface area (Å²) in [6.45, 7) is 0.991. The molecule has 0 aromatic carbocycles. The molecule has 4 atom stereocenters. The van der Waals surface area contributed by atoms with E-state index >= 15 is 0 Å². The van der Waals surface area contributed by atoms with Gasteiger partial charge in [-0.25, -0.2) is 0 Å². The zero-order valence-electron chi connectivity index (χ0n) is 10.1. The van der Waals surface area contributed by atoms with Gasteiger partial charge in [0, 0.05) is 12.5 Å². The summed E-state index contributed by atoms with van der Waals surface area (Å²) in [5.41, 5.74) is 0.496. The number of fused-ring (bicyclic) bond motifs is 2. The molecule has 16 heavy (non-hydrogen) atoms. The van der Waals surface area contributed by atoms with E-state index in [4.69, 9.17) is 16.3 Å². The minimum absolute atomic E-state index is 0.496. The smallest absolute Gasteiger partial charge is 0.0576 e. The maximum atomic E-state index is 6.30. The van der Waals surface area contributed by atoms with Crippen molar-refractivity contribution in [1.29, 1.82) is 0 Å². The van der Waals surface area contributed by atoms with Gasteiger partial charge in [0.25, 0.3) is 0 Å². The Bertz CT molecular complexity index is 249. The highest BCUT2D eigenvalue weighted by Gasteiger charge is 2.50. The third-order valence-electron chi connectivity index (χ3n) is 5.36. The Balaban J connectivity index is 1.58. The molecule has 1 saturated heterocycles. The molecule has 3 fully saturated rings. The van der Waals surface area contributed by atoms with Crippen LogP contribution in [-0.2, 0) is 4.74 Å². The molecule has 1 heterocycles. The Morgan fingerprint density at radius 2 is 2.19 bits per heavy atom. The fourth-order valence-electron chi connectivity index (χ4n) is 4.42. The van der Waals surface area contributed by atoms with Crippen molar-refractivity contribution in [3.05, 3.63) is 0 Å². The van der Waals surface area contributed by atoms with Gasteiger partial charge in [-0.05, 0) is 62.2 Å². The van der Waals surface area contributed by atoms with Gasteiger partial charge in [-0.15, -0.1) is 11.6 Å². The van der Waals surface area contributed by atoms with Crippen LogP contribution in [0.3, 0.4) is 0 Å². The molecule has 2 aliphatic carbocycles. The monoisotopic (exact) mass is 242 g/mol. The largest absolute Gasteiger partial charge is 0.378 e. The lowest BCUT2D eigenvalue weighted by Gasteiger charge is -2.36. The highest BCUT2D eigenvalue weighted by molar-refractivity contribution is 6.18. The van der Waals surface area contributed by atoms with Gasteiger partial charge in [0.05, 0.1) is 6.10 Å². The second-order valence-electron chi connectivity index (χ2n) is 6.25. The molecular formula is C14H23ClO. The van der Waals surface area contributed by atoms with Crippen molar-refractivity contribution in [2.24, 2.45) is 17.3 Å². The molecule has 0 aromatic heterocycles. The van der Waals surface area contributed by atoms with Crippen molar-refractivity contribution in [2.75, 3.05) is 12.5 Å². The first kappa shape index (κ1) is 11.3. The van der Waals surface area contributed by atoms with E-state index in [1.165, 1.54) is 51.4 Å². The summed E-state index contributed by atoms with van der Waals surface area (Å²) >= 11 is 6.30. The zero-order chi connectivity index (χ0) is 11.0. The number of hydrogen-bond acceptors (Lipinski definition) is 1. The van der Waals surface area contributed by atoms with Gasteiger partial charge in [0.15, 0.2) is 0 Å². The molecule has 92 valence electrons. The van der Waals surface area contributed by atoms with Crippen LogP contribution < -0.4 is 0 Å². The summed E-state index contributed by atoms with van der Waals surface area (Å²) in [6.07, 6.45) is 11.5. The van der Waals surface area contributed by atoms with Crippen molar-refractivity contribution < 1.29 is 4.74 Å². The molecule has 0 aromatic rings. The van der Waals surface area contributed by atoms with E-state index < -0.39 is 0 Å². The maximum absolute atomic E-state index is 6.30. The molecule has 0 radical (unpaired) electrons. The highest BCUT2D eigenvalue weighted by atomic mass is 35.5.